The number of amides is 1. The molecule has 9 heteroatoms. The number of sulfonamides is 1. The zero-order valence-electron chi connectivity index (χ0n) is 20.1. The summed E-state index contributed by atoms with van der Waals surface area (Å²) in [6.07, 6.45) is 6.29. The van der Waals surface area contributed by atoms with Gasteiger partial charge < -0.3 is 19.5 Å². The van der Waals surface area contributed by atoms with E-state index < -0.39 is 10.0 Å². The van der Waals surface area contributed by atoms with Crippen LogP contribution in [0.1, 0.15) is 45.4 Å². The fourth-order valence-electron chi connectivity index (χ4n) is 4.12. The molecule has 0 aliphatic heterocycles. The molecule has 0 unspecified atom stereocenters. The van der Waals surface area contributed by atoms with Crippen molar-refractivity contribution in [3.63, 3.8) is 0 Å². The summed E-state index contributed by atoms with van der Waals surface area (Å²) in [5.74, 6) is 1.00. The van der Waals surface area contributed by atoms with E-state index in [1.807, 2.05) is 6.92 Å². The summed E-state index contributed by atoms with van der Waals surface area (Å²) in [6.45, 7) is 2.04. The Morgan fingerprint density at radius 2 is 1.62 bits per heavy atom. The van der Waals surface area contributed by atoms with Gasteiger partial charge in [-0.2, -0.15) is 0 Å². The number of carbonyl (C=O) groups excluding carboxylic acids is 1. The van der Waals surface area contributed by atoms with E-state index in [-0.39, 0.29) is 29.1 Å². The average molecular weight is 491 g/mol. The topological polar surface area (TPSA) is 94.2 Å². The molecule has 0 atom stereocenters. The van der Waals surface area contributed by atoms with Crippen LogP contribution in [-0.2, 0) is 14.8 Å². The summed E-state index contributed by atoms with van der Waals surface area (Å²) < 4.78 is 44.6. The fourth-order valence-corrected chi connectivity index (χ4v) is 5.56. The third-order valence-electron chi connectivity index (χ3n) is 5.89. The van der Waals surface area contributed by atoms with Gasteiger partial charge >= 0.3 is 0 Å². The fraction of sp³-hybridized carbons (Fsp3) is 0.480. The molecule has 3 rings (SSSR count). The van der Waals surface area contributed by atoms with Crippen molar-refractivity contribution in [1.82, 2.24) is 5.32 Å². The Bertz CT molecular complexity index is 1050. The van der Waals surface area contributed by atoms with E-state index in [4.69, 9.17) is 14.2 Å². The lowest BCUT2D eigenvalue weighted by Crippen LogP contribution is -2.44. The number of rotatable bonds is 10. The van der Waals surface area contributed by atoms with Crippen LogP contribution in [0.25, 0.3) is 0 Å². The van der Waals surface area contributed by atoms with Crippen LogP contribution in [0.3, 0.4) is 0 Å². The van der Waals surface area contributed by atoms with Crippen LogP contribution in [0.5, 0.6) is 17.2 Å². The summed E-state index contributed by atoms with van der Waals surface area (Å²) in [4.78, 5) is 13.0. The standard InChI is InChI=1S/C25H34N2O6S/c1-4-33-21-13-11-20(12-14-21)27(18-25(28)26-19-9-7-5-6-8-10-19)34(29,30)22-15-16-23(31-2)24(17-22)32-3/h11-17,19H,4-10,18H2,1-3H3,(H,26,28). The zero-order valence-corrected chi connectivity index (χ0v) is 20.9. The lowest BCUT2D eigenvalue weighted by Gasteiger charge is -2.26. The largest absolute Gasteiger partial charge is 0.494 e. The van der Waals surface area contributed by atoms with Crippen LogP contribution < -0.4 is 23.8 Å². The van der Waals surface area contributed by atoms with Gasteiger partial charge in [0.2, 0.25) is 5.91 Å². The van der Waals surface area contributed by atoms with Gasteiger partial charge in [-0.1, -0.05) is 25.7 Å². The van der Waals surface area contributed by atoms with Crippen molar-refractivity contribution >= 4 is 21.6 Å². The molecule has 1 saturated carbocycles. The van der Waals surface area contributed by atoms with Gasteiger partial charge in [-0.25, -0.2) is 8.42 Å². The predicted molar refractivity (Wildman–Crippen MR) is 131 cm³/mol. The molecular weight excluding hydrogens is 456 g/mol. The molecule has 1 N–H and O–H groups in total. The van der Waals surface area contributed by atoms with Crippen LogP contribution in [0.2, 0.25) is 0 Å². The SMILES string of the molecule is CCOc1ccc(N(CC(=O)NC2CCCCCC2)S(=O)(=O)c2ccc(OC)c(OC)c2)cc1. The molecule has 34 heavy (non-hydrogen) atoms. The molecule has 1 amide bonds. The highest BCUT2D eigenvalue weighted by molar-refractivity contribution is 7.92. The number of ether oxygens (including phenoxy) is 3. The van der Waals surface area contributed by atoms with Crippen LogP contribution in [-0.4, -0.2) is 47.7 Å². The Morgan fingerprint density at radius 3 is 2.21 bits per heavy atom. The number of nitrogens with one attached hydrogen (secondary N) is 1. The summed E-state index contributed by atoms with van der Waals surface area (Å²) in [7, 11) is -1.16. The number of nitrogens with zero attached hydrogens (tertiary/aromatic N) is 1. The summed E-state index contributed by atoms with van der Waals surface area (Å²) in [5.41, 5.74) is 0.370. The van der Waals surface area contributed by atoms with E-state index in [0.717, 1.165) is 30.0 Å². The maximum absolute atomic E-state index is 13.7. The number of carbonyl (C=O) groups is 1. The van der Waals surface area contributed by atoms with Crippen LogP contribution in [0, 0.1) is 0 Å². The van der Waals surface area contributed by atoms with E-state index in [2.05, 4.69) is 5.32 Å². The molecule has 1 aliphatic rings. The first-order chi connectivity index (χ1) is 16.4. The van der Waals surface area contributed by atoms with Crippen LogP contribution >= 0.6 is 0 Å². The van der Waals surface area contributed by atoms with Gasteiger partial charge in [-0.15, -0.1) is 0 Å². The molecule has 0 saturated heterocycles. The lowest BCUT2D eigenvalue weighted by atomic mass is 10.1. The Balaban J connectivity index is 1.92. The van der Waals surface area contributed by atoms with E-state index in [1.54, 1.807) is 24.3 Å². The first kappa shape index (κ1) is 25.7. The molecule has 8 nitrogen and oxygen atoms in total. The highest BCUT2D eigenvalue weighted by atomic mass is 32.2. The number of methoxy groups -OCH3 is 2. The molecule has 1 aliphatic carbocycles. The highest BCUT2D eigenvalue weighted by Crippen LogP contribution is 2.32. The maximum atomic E-state index is 13.7. The summed E-state index contributed by atoms with van der Waals surface area (Å²) in [5, 5.41) is 3.04. The Morgan fingerprint density at radius 1 is 0.971 bits per heavy atom. The molecule has 186 valence electrons. The van der Waals surface area contributed by atoms with Gasteiger partial charge in [-0.05, 0) is 56.2 Å². The normalized spacial score (nSPS) is 14.7. The molecule has 0 heterocycles. The Kier molecular flexibility index (Phi) is 9.04. The highest BCUT2D eigenvalue weighted by Gasteiger charge is 2.29. The lowest BCUT2D eigenvalue weighted by molar-refractivity contribution is -0.120. The van der Waals surface area contributed by atoms with Crippen molar-refractivity contribution in [1.29, 1.82) is 0 Å². The molecule has 0 spiro atoms. The average Bonchev–Trinajstić information content (AvgIpc) is 3.11. The molecule has 0 bridgehead atoms. The monoisotopic (exact) mass is 490 g/mol. The van der Waals surface area contributed by atoms with Gasteiger partial charge in [0, 0.05) is 12.1 Å². The van der Waals surface area contributed by atoms with Gasteiger partial charge in [0.25, 0.3) is 10.0 Å². The molecule has 2 aromatic rings. The number of hydrogen-bond donors (Lipinski definition) is 1. The van der Waals surface area contributed by atoms with Crippen molar-refractivity contribution in [3.05, 3.63) is 42.5 Å². The van der Waals surface area contributed by atoms with Crippen LogP contribution in [0.4, 0.5) is 5.69 Å². The second-order valence-corrected chi connectivity index (χ2v) is 10.1. The van der Waals surface area contributed by atoms with Crippen molar-refractivity contribution in [2.45, 2.75) is 56.4 Å². The van der Waals surface area contributed by atoms with Gasteiger partial charge in [-0.3, -0.25) is 9.10 Å². The first-order valence-corrected chi connectivity index (χ1v) is 13.1. The first-order valence-electron chi connectivity index (χ1n) is 11.7. The van der Waals surface area contributed by atoms with Gasteiger partial charge in [0.05, 0.1) is 31.4 Å². The predicted octanol–water partition coefficient (Wildman–Crippen LogP) is 4.14. The van der Waals surface area contributed by atoms with Crippen molar-refractivity contribution in [2.75, 3.05) is 31.7 Å². The molecule has 0 aromatic heterocycles. The number of anilines is 1. The van der Waals surface area contributed by atoms with Gasteiger partial charge in [0.1, 0.15) is 12.3 Å². The van der Waals surface area contributed by atoms with Crippen molar-refractivity contribution < 1.29 is 27.4 Å². The summed E-state index contributed by atoms with van der Waals surface area (Å²) in [6, 6.07) is 11.1. The Hall–Kier alpha value is -2.94. The minimum atomic E-state index is -4.08. The van der Waals surface area contributed by atoms with Crippen molar-refractivity contribution in [3.8, 4) is 17.2 Å². The van der Waals surface area contributed by atoms with Gasteiger partial charge in [0.15, 0.2) is 11.5 Å². The van der Waals surface area contributed by atoms with E-state index in [9.17, 15) is 13.2 Å². The Labute approximate surface area is 202 Å². The quantitative estimate of drug-likeness (QED) is 0.503. The van der Waals surface area contributed by atoms with E-state index in [1.165, 1.54) is 45.3 Å². The number of hydrogen-bond acceptors (Lipinski definition) is 6. The molecular formula is C25H34N2O6S. The maximum Gasteiger partial charge on any atom is 0.264 e. The van der Waals surface area contributed by atoms with E-state index in [0.29, 0.717) is 23.8 Å². The second kappa shape index (κ2) is 12.0. The van der Waals surface area contributed by atoms with E-state index >= 15 is 0 Å². The molecule has 2 aromatic carbocycles. The second-order valence-electron chi connectivity index (χ2n) is 8.21. The third kappa shape index (κ3) is 6.34. The number of benzene rings is 2. The minimum Gasteiger partial charge on any atom is -0.494 e. The van der Waals surface area contributed by atoms with Crippen molar-refractivity contribution in [2.24, 2.45) is 0 Å². The summed E-state index contributed by atoms with van der Waals surface area (Å²) >= 11 is 0. The molecule has 0 radical (unpaired) electrons. The third-order valence-corrected chi connectivity index (χ3v) is 7.66. The minimum absolute atomic E-state index is 0.00120. The van der Waals surface area contributed by atoms with Crippen LogP contribution in [0.15, 0.2) is 47.4 Å². The smallest absolute Gasteiger partial charge is 0.264 e. The zero-order chi connectivity index (χ0) is 24.6. The molecule has 1 fully saturated rings.